The standard InChI is InChI=1S/C30H31F2N5O/c1-19-4-6-23(15-22(19)7-5-21-14-20(2)28(33)34-18-21)29(38)35-24-8-9-25-26(16-24)30(31,32)17-27(25)37-12-10-36(3)11-13-37/h4,6,8-9,14-16,18,27H,10-13,17H2,1-3H3,(H2,33,34)(H,35,38). The van der Waals surface area contributed by atoms with Crippen LogP contribution < -0.4 is 11.1 Å². The maximum Gasteiger partial charge on any atom is 0.275 e. The predicted molar refractivity (Wildman–Crippen MR) is 145 cm³/mol. The van der Waals surface area contributed by atoms with E-state index >= 15 is 8.78 Å². The third-order valence-corrected chi connectivity index (χ3v) is 7.45. The second kappa shape index (κ2) is 10.2. The number of likely N-dealkylation sites (N-methyl/N-ethyl adjacent to an activating group) is 1. The van der Waals surface area contributed by atoms with Crippen LogP contribution in [0.25, 0.3) is 0 Å². The summed E-state index contributed by atoms with van der Waals surface area (Å²) in [6.07, 6.45) is 1.38. The molecule has 1 aromatic heterocycles. The van der Waals surface area contributed by atoms with Gasteiger partial charge in [-0.2, -0.15) is 0 Å². The second-order valence-electron chi connectivity index (χ2n) is 10.2. The summed E-state index contributed by atoms with van der Waals surface area (Å²) < 4.78 is 30.1. The van der Waals surface area contributed by atoms with Gasteiger partial charge in [-0.1, -0.05) is 24.0 Å². The van der Waals surface area contributed by atoms with Gasteiger partial charge in [0.15, 0.2) is 0 Å². The van der Waals surface area contributed by atoms with E-state index in [1.54, 1.807) is 30.5 Å². The number of alkyl halides is 2. The number of anilines is 2. The number of nitrogens with one attached hydrogen (secondary N) is 1. The molecule has 1 unspecified atom stereocenters. The molecule has 1 atom stereocenters. The minimum Gasteiger partial charge on any atom is -0.383 e. The number of nitrogens with zero attached hydrogens (tertiary/aromatic N) is 3. The predicted octanol–water partition coefficient (Wildman–Crippen LogP) is 4.72. The van der Waals surface area contributed by atoms with Crippen molar-refractivity contribution in [1.82, 2.24) is 14.8 Å². The van der Waals surface area contributed by atoms with Gasteiger partial charge in [-0.05, 0) is 67.9 Å². The quantitative estimate of drug-likeness (QED) is 0.494. The molecule has 2 aliphatic rings. The van der Waals surface area contributed by atoms with Gasteiger partial charge in [-0.3, -0.25) is 9.69 Å². The van der Waals surface area contributed by atoms with E-state index in [4.69, 9.17) is 5.73 Å². The largest absolute Gasteiger partial charge is 0.383 e. The van der Waals surface area contributed by atoms with Crippen LogP contribution in [0.1, 0.15) is 56.2 Å². The molecule has 0 radical (unpaired) electrons. The molecular weight excluding hydrogens is 484 g/mol. The fourth-order valence-electron chi connectivity index (χ4n) is 5.06. The Hall–Kier alpha value is -3.80. The average Bonchev–Trinajstić information content (AvgIpc) is 3.16. The maximum atomic E-state index is 15.1. The number of fused-ring (bicyclic) bond motifs is 1. The van der Waals surface area contributed by atoms with E-state index in [1.165, 1.54) is 6.07 Å². The van der Waals surface area contributed by atoms with Crippen molar-refractivity contribution in [3.05, 3.63) is 87.6 Å². The summed E-state index contributed by atoms with van der Waals surface area (Å²) in [6, 6.07) is 11.7. The lowest BCUT2D eigenvalue weighted by Gasteiger charge is -2.36. The van der Waals surface area contributed by atoms with Crippen LogP contribution in [0.4, 0.5) is 20.3 Å². The van der Waals surface area contributed by atoms with Crippen LogP contribution in [0, 0.1) is 25.7 Å². The number of hydrogen-bond acceptors (Lipinski definition) is 5. The zero-order chi connectivity index (χ0) is 27.0. The van der Waals surface area contributed by atoms with Crippen molar-refractivity contribution in [2.24, 2.45) is 0 Å². The Kier molecular flexibility index (Phi) is 6.91. The van der Waals surface area contributed by atoms with E-state index in [2.05, 4.69) is 31.9 Å². The summed E-state index contributed by atoms with van der Waals surface area (Å²) in [5.74, 6) is 3.31. The minimum absolute atomic E-state index is 0.00194. The SMILES string of the molecule is Cc1ccc(C(=O)Nc2ccc3c(c2)C(F)(F)CC3N2CCN(C)CC2)cc1C#Cc1cnc(N)c(C)c1. The number of pyridine rings is 1. The number of aryl methyl sites for hydroxylation is 2. The van der Waals surface area contributed by atoms with Gasteiger partial charge >= 0.3 is 0 Å². The van der Waals surface area contributed by atoms with E-state index in [1.807, 2.05) is 33.0 Å². The van der Waals surface area contributed by atoms with Crippen LogP contribution in [0.5, 0.6) is 0 Å². The highest BCUT2D eigenvalue weighted by atomic mass is 19.3. The van der Waals surface area contributed by atoms with Crippen molar-refractivity contribution < 1.29 is 13.6 Å². The Morgan fingerprint density at radius 2 is 1.82 bits per heavy atom. The monoisotopic (exact) mass is 515 g/mol. The average molecular weight is 516 g/mol. The van der Waals surface area contributed by atoms with Gasteiger partial charge in [-0.15, -0.1) is 0 Å². The summed E-state index contributed by atoms with van der Waals surface area (Å²) in [5, 5.41) is 2.80. The molecule has 1 saturated heterocycles. The second-order valence-corrected chi connectivity index (χ2v) is 10.2. The first-order chi connectivity index (χ1) is 18.1. The number of halogens is 2. The molecule has 38 heavy (non-hydrogen) atoms. The molecule has 6 nitrogen and oxygen atoms in total. The molecule has 3 aromatic rings. The molecule has 2 heterocycles. The van der Waals surface area contributed by atoms with Gasteiger partial charge < -0.3 is 16.0 Å². The first kappa shape index (κ1) is 25.8. The molecule has 0 spiro atoms. The van der Waals surface area contributed by atoms with E-state index in [9.17, 15) is 4.79 Å². The number of benzene rings is 2. The van der Waals surface area contributed by atoms with Gasteiger partial charge in [0, 0.05) is 72.8 Å². The van der Waals surface area contributed by atoms with Gasteiger partial charge in [-0.25, -0.2) is 13.8 Å². The minimum atomic E-state index is -2.94. The normalized spacial score (nSPS) is 18.9. The van der Waals surface area contributed by atoms with Crippen molar-refractivity contribution in [1.29, 1.82) is 0 Å². The zero-order valence-corrected chi connectivity index (χ0v) is 21.8. The number of amides is 1. The number of carbonyl (C=O) groups excluding carboxylic acids is 1. The Morgan fingerprint density at radius 1 is 1.05 bits per heavy atom. The summed E-state index contributed by atoms with van der Waals surface area (Å²) >= 11 is 0. The number of carbonyl (C=O) groups is 1. The van der Waals surface area contributed by atoms with Crippen LogP contribution >= 0.6 is 0 Å². The van der Waals surface area contributed by atoms with E-state index in [0.717, 1.165) is 42.9 Å². The fraction of sp³-hybridized carbons (Fsp3) is 0.333. The number of nitrogens with two attached hydrogens (primary N) is 1. The van der Waals surface area contributed by atoms with Crippen molar-refractivity contribution in [2.45, 2.75) is 32.2 Å². The zero-order valence-electron chi connectivity index (χ0n) is 21.8. The molecule has 1 amide bonds. The van der Waals surface area contributed by atoms with E-state index in [0.29, 0.717) is 28.2 Å². The van der Waals surface area contributed by atoms with Crippen molar-refractivity contribution >= 4 is 17.4 Å². The molecule has 3 N–H and O–H groups in total. The number of piperazine rings is 1. The maximum absolute atomic E-state index is 15.1. The summed E-state index contributed by atoms with van der Waals surface area (Å²) in [4.78, 5) is 21.5. The Labute approximate surface area is 221 Å². The molecule has 1 aliphatic carbocycles. The van der Waals surface area contributed by atoms with Crippen LogP contribution in [-0.4, -0.2) is 53.9 Å². The third-order valence-electron chi connectivity index (χ3n) is 7.45. The van der Waals surface area contributed by atoms with Gasteiger partial charge in [0.25, 0.3) is 11.8 Å². The highest BCUT2D eigenvalue weighted by Crippen LogP contribution is 2.50. The number of rotatable bonds is 3. The van der Waals surface area contributed by atoms with Crippen molar-refractivity contribution in [2.75, 3.05) is 44.3 Å². The number of nitrogen functional groups attached to an aromatic ring is 1. The molecule has 0 saturated carbocycles. The third kappa shape index (κ3) is 5.26. The van der Waals surface area contributed by atoms with Crippen LogP contribution in [-0.2, 0) is 5.92 Å². The van der Waals surface area contributed by atoms with Crippen molar-refractivity contribution in [3.8, 4) is 11.8 Å². The Bertz CT molecular complexity index is 1450. The van der Waals surface area contributed by atoms with E-state index < -0.39 is 5.92 Å². The molecular formula is C30H31F2N5O. The first-order valence-electron chi connectivity index (χ1n) is 12.7. The van der Waals surface area contributed by atoms with Crippen LogP contribution in [0.15, 0.2) is 48.7 Å². The highest BCUT2D eigenvalue weighted by Gasteiger charge is 2.47. The molecule has 1 aliphatic heterocycles. The van der Waals surface area contributed by atoms with Crippen molar-refractivity contribution in [3.63, 3.8) is 0 Å². The molecule has 2 aromatic carbocycles. The summed E-state index contributed by atoms with van der Waals surface area (Å²) in [5.41, 5.74) is 10.4. The van der Waals surface area contributed by atoms with E-state index in [-0.39, 0.29) is 23.9 Å². The van der Waals surface area contributed by atoms with Gasteiger partial charge in [0.1, 0.15) is 5.82 Å². The summed E-state index contributed by atoms with van der Waals surface area (Å²) in [7, 11) is 2.05. The number of hydrogen-bond donors (Lipinski definition) is 2. The first-order valence-corrected chi connectivity index (χ1v) is 12.7. The summed E-state index contributed by atoms with van der Waals surface area (Å²) in [6.45, 7) is 7.04. The van der Waals surface area contributed by atoms with Crippen LogP contribution in [0.3, 0.4) is 0 Å². The molecule has 8 heteroatoms. The number of aromatic nitrogens is 1. The smallest absolute Gasteiger partial charge is 0.275 e. The lowest BCUT2D eigenvalue weighted by atomic mass is 10.0. The van der Waals surface area contributed by atoms with Gasteiger partial charge in [0.05, 0.1) is 0 Å². The lowest BCUT2D eigenvalue weighted by molar-refractivity contribution is -0.0257. The Morgan fingerprint density at radius 3 is 2.55 bits per heavy atom. The Balaban J connectivity index is 1.34. The highest BCUT2D eigenvalue weighted by molar-refractivity contribution is 6.04. The fourth-order valence-corrected chi connectivity index (χ4v) is 5.06. The van der Waals surface area contributed by atoms with Crippen LogP contribution in [0.2, 0.25) is 0 Å². The lowest BCUT2D eigenvalue weighted by Crippen LogP contribution is -2.45. The topological polar surface area (TPSA) is 74.5 Å². The molecule has 196 valence electrons. The molecule has 0 bridgehead atoms. The molecule has 5 rings (SSSR count). The molecule has 1 fully saturated rings. The van der Waals surface area contributed by atoms with Gasteiger partial charge in [0.2, 0.25) is 0 Å².